The van der Waals surface area contributed by atoms with Gasteiger partial charge < -0.3 is 48.8 Å². The molecule has 0 bridgehead atoms. The number of benzene rings is 10. The number of hydrogen-bond acceptors (Lipinski definition) is 11. The average molecular weight is 1760 g/mol. The van der Waals surface area contributed by atoms with Crippen LogP contribution in [0.4, 0.5) is 0 Å². The zero-order chi connectivity index (χ0) is 94.7. The Balaban J connectivity index is 0.754. The summed E-state index contributed by atoms with van der Waals surface area (Å²) in [4.78, 5) is 160. The summed E-state index contributed by atoms with van der Waals surface area (Å²) >= 11 is 0. The van der Waals surface area contributed by atoms with Crippen molar-refractivity contribution in [3.05, 3.63) is 354 Å². The minimum atomic E-state index is -0.662. The Kier molecular flexibility index (Phi) is 34.1. The van der Waals surface area contributed by atoms with Crippen LogP contribution in [0, 0.1) is 0 Å². The highest BCUT2D eigenvalue weighted by Gasteiger charge is 2.32. The van der Waals surface area contributed by atoms with E-state index in [0.717, 1.165) is 50.1 Å². The van der Waals surface area contributed by atoms with Gasteiger partial charge in [-0.25, -0.2) is 4.79 Å². The summed E-state index contributed by atoms with van der Waals surface area (Å²) in [5.74, 6) is -2.17. The summed E-state index contributed by atoms with van der Waals surface area (Å²) < 4.78 is 5.62. The molecule has 0 atom stereocenters. The Labute approximate surface area is 770 Å². The number of nitrogens with zero attached hydrogens (tertiary/aromatic N) is 9. The predicted octanol–water partition coefficient (Wildman–Crippen LogP) is 21.1. The Hall–Kier alpha value is -13.1. The third kappa shape index (κ3) is 26.3. The molecule has 0 aromatic heterocycles. The van der Waals surface area contributed by atoms with Gasteiger partial charge in [-0.2, -0.15) is 0 Å². The van der Waals surface area contributed by atoms with Gasteiger partial charge >= 0.3 is 5.97 Å². The monoisotopic (exact) mass is 1750 g/mol. The Morgan fingerprint density at radius 3 is 0.469 bits per heavy atom. The lowest BCUT2D eigenvalue weighted by atomic mass is 10.0. The molecule has 0 heterocycles. The first-order valence-corrected chi connectivity index (χ1v) is 45.5. The Morgan fingerprint density at radius 2 is 0.323 bits per heavy atom. The van der Waals surface area contributed by atoms with E-state index in [1.807, 2.05) is 315 Å². The van der Waals surface area contributed by atoms with Gasteiger partial charge in [0.25, 0.3) is 53.2 Å². The number of amides is 9. The predicted molar refractivity (Wildman–Crippen MR) is 515 cm³/mol. The Bertz CT molecular complexity index is 5600. The molecule has 20 nitrogen and oxygen atoms in total. The van der Waals surface area contributed by atoms with Gasteiger partial charge in [-0.15, -0.1) is 0 Å². The molecule has 682 valence electrons. The quantitative estimate of drug-likeness (QED) is 0.0334. The number of hydrogen-bond donors (Lipinski definition) is 0. The van der Waals surface area contributed by atoms with Gasteiger partial charge in [-0.3, -0.25) is 43.2 Å². The summed E-state index contributed by atoms with van der Waals surface area (Å²) in [5.41, 5.74) is 11.0. The van der Waals surface area contributed by atoms with Crippen LogP contribution in [0.5, 0.6) is 0 Å². The molecule has 0 spiro atoms. The minimum absolute atomic E-state index is 0.0870. The van der Waals surface area contributed by atoms with Crippen molar-refractivity contribution in [1.29, 1.82) is 0 Å². The second kappa shape index (κ2) is 44.8. The molecule has 0 saturated heterocycles. The molecule has 0 fully saturated rings. The molecule has 20 heteroatoms. The van der Waals surface area contributed by atoms with E-state index in [2.05, 4.69) is 0 Å². The lowest BCUT2D eigenvalue weighted by Crippen LogP contribution is -2.38. The van der Waals surface area contributed by atoms with E-state index < -0.39 is 11.6 Å². The third-order valence-corrected chi connectivity index (χ3v) is 23.1. The third-order valence-electron chi connectivity index (χ3n) is 23.1. The molecule has 0 unspecified atom stereocenters. The summed E-state index contributed by atoms with van der Waals surface area (Å²) in [5, 5.41) is 0. The lowest BCUT2D eigenvalue weighted by Gasteiger charge is -2.30. The summed E-state index contributed by atoms with van der Waals surface area (Å²) in [7, 11) is 0. The standard InChI is InChI=1S/C110H131N9O11/c1-72(2)111(100(120)90-43-23-22-24-44-90)63-81-34-25-45-91(54-81)101(121)112(73(3)4)64-82-35-26-46-92(55-82)102(122)113(74(5)6)65-83-36-27-47-93(56-83)103(123)114(75(7)8)66-84-37-28-48-94(57-84)104(124)115(76(9)10)67-85-38-29-49-95(58-85)105(125)116(77(11)12)68-86-39-30-50-96(59-86)106(126)117(78(13)14)69-87-40-31-51-97(60-87)107(127)118(79(15)16)70-88-41-32-52-98(61-88)108(128)119(80(17)18)71-89-42-33-53-99(62-89)109(129)130-110(19,20)21/h22-62,72-80H,63-71H2,1-21H3. The number of rotatable bonds is 37. The van der Waals surface area contributed by atoms with Crippen molar-refractivity contribution < 1.29 is 52.7 Å². The van der Waals surface area contributed by atoms with Crippen molar-refractivity contribution >= 4 is 59.1 Å². The maximum Gasteiger partial charge on any atom is 0.338 e. The van der Waals surface area contributed by atoms with Crippen molar-refractivity contribution in [3.63, 3.8) is 0 Å². The van der Waals surface area contributed by atoms with Crippen LogP contribution in [0.1, 0.15) is 299 Å². The molecule has 9 amide bonds. The van der Waals surface area contributed by atoms with Gasteiger partial charge in [0.05, 0.1) is 5.56 Å². The molecular weight excluding hydrogens is 1620 g/mol. The number of carbonyl (C=O) groups is 10. The summed E-state index contributed by atoms with van der Waals surface area (Å²) in [6.45, 7) is 42.8. The van der Waals surface area contributed by atoms with E-state index in [1.165, 1.54) is 0 Å². The van der Waals surface area contributed by atoms with E-state index in [0.29, 0.717) is 62.2 Å². The van der Waals surface area contributed by atoms with Crippen LogP contribution < -0.4 is 0 Å². The van der Waals surface area contributed by atoms with E-state index in [4.69, 9.17) is 4.74 Å². The van der Waals surface area contributed by atoms with E-state index >= 15 is 0 Å². The second-order valence-corrected chi connectivity index (χ2v) is 37.4. The van der Waals surface area contributed by atoms with Gasteiger partial charge in [0, 0.05) is 163 Å². The van der Waals surface area contributed by atoms with Crippen molar-refractivity contribution in [2.24, 2.45) is 0 Å². The topological polar surface area (TPSA) is 209 Å². The van der Waals surface area contributed by atoms with Crippen LogP contribution in [-0.2, 0) is 63.6 Å². The minimum Gasteiger partial charge on any atom is -0.456 e. The fourth-order valence-electron chi connectivity index (χ4n) is 15.8. The van der Waals surface area contributed by atoms with Gasteiger partial charge in [-0.1, -0.05) is 127 Å². The molecule has 0 saturated carbocycles. The largest absolute Gasteiger partial charge is 0.456 e. The number of esters is 1. The van der Waals surface area contributed by atoms with Crippen LogP contribution in [-0.4, -0.2) is 163 Å². The number of carbonyl (C=O) groups excluding carboxylic acids is 10. The maximum absolute atomic E-state index is 14.9. The van der Waals surface area contributed by atoms with Crippen molar-refractivity contribution in [1.82, 2.24) is 44.1 Å². The molecule has 10 aromatic carbocycles. The normalized spacial score (nSPS) is 11.6. The van der Waals surface area contributed by atoms with E-state index in [9.17, 15) is 47.9 Å². The first-order chi connectivity index (χ1) is 61.6. The van der Waals surface area contributed by atoms with Crippen molar-refractivity contribution in [3.8, 4) is 0 Å². The second-order valence-electron chi connectivity index (χ2n) is 37.4. The first-order valence-electron chi connectivity index (χ1n) is 45.5. The molecule has 10 aromatic rings. The lowest BCUT2D eigenvalue weighted by molar-refractivity contribution is 0.00679. The fraction of sp³-hybridized carbons (Fsp3) is 0.364. The molecule has 0 aliphatic heterocycles. The average Bonchev–Trinajstić information content (AvgIpc) is 0.759. The molecule has 0 N–H and O–H groups in total. The summed E-state index contributed by atoms with van der Waals surface area (Å²) in [6, 6.07) is 73.3. The van der Waals surface area contributed by atoms with Crippen LogP contribution in [0.2, 0.25) is 0 Å². The van der Waals surface area contributed by atoms with Crippen molar-refractivity contribution in [2.75, 3.05) is 0 Å². The number of ether oxygens (including phenoxy) is 1. The van der Waals surface area contributed by atoms with Crippen LogP contribution in [0.15, 0.2) is 249 Å². The van der Waals surface area contributed by atoms with Gasteiger partial charge in [0.15, 0.2) is 0 Å². The highest BCUT2D eigenvalue weighted by Crippen LogP contribution is 2.29. The molecule has 0 radical (unpaired) electrons. The van der Waals surface area contributed by atoms with Crippen LogP contribution in [0.3, 0.4) is 0 Å². The molecule has 130 heavy (non-hydrogen) atoms. The van der Waals surface area contributed by atoms with Gasteiger partial charge in [0.1, 0.15) is 5.60 Å². The van der Waals surface area contributed by atoms with Crippen LogP contribution >= 0.6 is 0 Å². The zero-order valence-corrected chi connectivity index (χ0v) is 79.7. The van der Waals surface area contributed by atoms with E-state index in [1.54, 1.807) is 123 Å². The highest BCUT2D eigenvalue weighted by molar-refractivity contribution is 6.00. The fourth-order valence-corrected chi connectivity index (χ4v) is 15.8. The molecule has 10 rings (SSSR count). The first kappa shape index (κ1) is 99.1. The van der Waals surface area contributed by atoms with E-state index in [-0.39, 0.29) is 160 Å². The highest BCUT2D eigenvalue weighted by atomic mass is 16.6. The zero-order valence-electron chi connectivity index (χ0n) is 79.7. The molecule has 0 aliphatic carbocycles. The molecular formula is C110H131N9O11. The SMILES string of the molecule is CC(C)N(Cc1cccc(C(=O)N(Cc2cccc(C(=O)N(Cc3cccc(C(=O)N(Cc4cccc(C(=O)N(Cc5cccc(C(=O)N(Cc6cccc(C(=O)N(Cc7cccc(C(=O)N(Cc8cccc(C(=O)N(Cc9cccc(C(=O)OC(C)(C)C)c9)C(C)C)c8)C(C)C)c7)C(C)C)c6)C(C)C)c5)C(C)C)c4)C(C)C)c3)C(C)C)c2)C(C)C)c1)C(=O)c1ccccc1. The summed E-state index contributed by atoms with van der Waals surface area (Å²) in [6.07, 6.45) is 0. The smallest absolute Gasteiger partial charge is 0.338 e. The molecule has 0 aliphatic rings. The van der Waals surface area contributed by atoms with Crippen molar-refractivity contribution in [2.45, 2.75) is 264 Å². The Morgan fingerprint density at radius 1 is 0.192 bits per heavy atom. The van der Waals surface area contributed by atoms with Gasteiger partial charge in [-0.05, 0) is 317 Å². The van der Waals surface area contributed by atoms with Crippen LogP contribution in [0.25, 0.3) is 0 Å². The van der Waals surface area contributed by atoms with Gasteiger partial charge in [0.2, 0.25) is 0 Å². The maximum atomic E-state index is 14.9.